The van der Waals surface area contributed by atoms with Crippen molar-refractivity contribution in [2.24, 2.45) is 12.8 Å². The molecule has 0 bridgehead atoms. The Balaban J connectivity index is 1.79. The number of hydrogen-bond acceptors (Lipinski definition) is 6. The molecule has 4 heterocycles. The highest BCUT2D eigenvalue weighted by Gasteiger charge is 2.18. The molecule has 0 spiro atoms. The summed E-state index contributed by atoms with van der Waals surface area (Å²) in [5, 5.41) is 14.2. The lowest BCUT2D eigenvalue weighted by Crippen LogP contribution is -2.13. The third-order valence-corrected chi connectivity index (χ3v) is 5.91. The average Bonchev–Trinajstić information content (AvgIpc) is 3.32. The van der Waals surface area contributed by atoms with Gasteiger partial charge in [0.05, 0.1) is 28.7 Å². The Hall–Kier alpha value is -3.56. The van der Waals surface area contributed by atoms with Gasteiger partial charge in [-0.2, -0.15) is 10.2 Å². The molecule has 0 atom stereocenters. The van der Waals surface area contributed by atoms with Crippen LogP contribution in [0, 0.1) is 0 Å². The van der Waals surface area contributed by atoms with Crippen LogP contribution in [0.25, 0.3) is 38.1 Å². The first-order valence-corrected chi connectivity index (χ1v) is 9.80. The van der Waals surface area contributed by atoms with Gasteiger partial charge < -0.3 is 5.73 Å². The Kier molecular flexibility index (Phi) is 3.93. The van der Waals surface area contributed by atoms with E-state index in [0.29, 0.717) is 16.5 Å². The second kappa shape index (κ2) is 6.50. The highest BCUT2D eigenvalue weighted by molar-refractivity contribution is 7.15. The fraction of sp³-hybridized carbons (Fsp3) is 0.100. The molecule has 9 heteroatoms. The normalized spacial score (nSPS) is 11.5. The molecule has 8 nitrogen and oxygen atoms in total. The van der Waals surface area contributed by atoms with E-state index in [1.165, 1.54) is 11.3 Å². The molecule has 0 saturated carbocycles. The highest BCUT2D eigenvalue weighted by Crippen LogP contribution is 2.34. The summed E-state index contributed by atoms with van der Waals surface area (Å²) < 4.78 is 3.43. The van der Waals surface area contributed by atoms with Crippen molar-refractivity contribution < 1.29 is 0 Å². The van der Waals surface area contributed by atoms with Crippen LogP contribution >= 0.6 is 11.3 Å². The quantitative estimate of drug-likeness (QED) is 0.478. The van der Waals surface area contributed by atoms with Gasteiger partial charge in [0.25, 0.3) is 11.1 Å². The van der Waals surface area contributed by atoms with Crippen LogP contribution in [-0.4, -0.2) is 24.4 Å². The van der Waals surface area contributed by atoms with E-state index in [1.807, 2.05) is 30.6 Å². The van der Waals surface area contributed by atoms with Crippen molar-refractivity contribution in [3.8, 4) is 22.5 Å². The molecule has 0 saturated heterocycles. The summed E-state index contributed by atoms with van der Waals surface area (Å²) in [6.07, 6.45) is 1.76. The standard InChI is InChI=1S/C20H16N6O2S/c1-25-19(16-10-29-18-4-2-3-17(27)26(16)18)14(9-22-25)11-5-6-12-13(7-11)15(8-21)23-24-20(12)28/h2-7,9-10H,8,21H2,1H3,(H,24,28). The van der Waals surface area contributed by atoms with Crippen LogP contribution in [0.4, 0.5) is 0 Å². The number of H-pyrrole nitrogens is 1. The molecule has 0 aliphatic heterocycles. The maximum atomic E-state index is 12.5. The van der Waals surface area contributed by atoms with Crippen LogP contribution in [-0.2, 0) is 13.6 Å². The van der Waals surface area contributed by atoms with Crippen LogP contribution in [0.15, 0.2) is 57.6 Å². The van der Waals surface area contributed by atoms with E-state index >= 15 is 0 Å². The Morgan fingerprint density at radius 1 is 1.17 bits per heavy atom. The van der Waals surface area contributed by atoms with E-state index in [0.717, 1.165) is 27.3 Å². The molecule has 0 unspecified atom stereocenters. The van der Waals surface area contributed by atoms with E-state index < -0.39 is 0 Å². The predicted molar refractivity (Wildman–Crippen MR) is 113 cm³/mol. The van der Waals surface area contributed by atoms with Gasteiger partial charge in [-0.25, -0.2) is 5.10 Å². The third kappa shape index (κ3) is 2.63. The van der Waals surface area contributed by atoms with Gasteiger partial charge in [-0.05, 0) is 23.8 Å². The Morgan fingerprint density at radius 2 is 2.03 bits per heavy atom. The van der Waals surface area contributed by atoms with Gasteiger partial charge in [0.15, 0.2) is 0 Å². The van der Waals surface area contributed by atoms with E-state index in [9.17, 15) is 9.59 Å². The van der Waals surface area contributed by atoms with Crippen LogP contribution < -0.4 is 16.9 Å². The minimum Gasteiger partial charge on any atom is -0.325 e. The number of hydrogen-bond donors (Lipinski definition) is 2. The number of nitrogens with one attached hydrogen (secondary N) is 1. The molecule has 29 heavy (non-hydrogen) atoms. The van der Waals surface area contributed by atoms with E-state index in [1.54, 1.807) is 33.5 Å². The van der Waals surface area contributed by atoms with E-state index in [2.05, 4.69) is 15.3 Å². The maximum absolute atomic E-state index is 12.5. The summed E-state index contributed by atoms with van der Waals surface area (Å²) >= 11 is 1.50. The smallest absolute Gasteiger partial charge is 0.272 e. The first-order valence-electron chi connectivity index (χ1n) is 8.92. The number of rotatable bonds is 3. The zero-order valence-electron chi connectivity index (χ0n) is 15.4. The van der Waals surface area contributed by atoms with Gasteiger partial charge in [0.2, 0.25) is 0 Å². The molecule has 5 rings (SSSR count). The number of nitrogens with two attached hydrogens (primary N) is 1. The fourth-order valence-electron chi connectivity index (χ4n) is 3.63. The first kappa shape index (κ1) is 17.5. The topological polar surface area (TPSA) is 111 Å². The van der Waals surface area contributed by atoms with Gasteiger partial charge in [0, 0.05) is 36.0 Å². The van der Waals surface area contributed by atoms with Gasteiger partial charge in [-0.15, -0.1) is 11.3 Å². The zero-order chi connectivity index (χ0) is 20.1. The number of aromatic nitrogens is 5. The summed E-state index contributed by atoms with van der Waals surface area (Å²) in [5.74, 6) is 0. The molecule has 0 aliphatic rings. The van der Waals surface area contributed by atoms with Gasteiger partial charge >= 0.3 is 0 Å². The van der Waals surface area contributed by atoms with Crippen molar-refractivity contribution in [3.63, 3.8) is 0 Å². The molecule has 0 radical (unpaired) electrons. The molecule has 3 N–H and O–H groups in total. The van der Waals surface area contributed by atoms with Crippen molar-refractivity contribution >= 4 is 26.9 Å². The largest absolute Gasteiger partial charge is 0.325 e. The number of aryl methyl sites for hydroxylation is 1. The first-order chi connectivity index (χ1) is 14.1. The Labute approximate surface area is 167 Å². The lowest BCUT2D eigenvalue weighted by molar-refractivity contribution is 0.772. The van der Waals surface area contributed by atoms with Crippen molar-refractivity contribution in [1.29, 1.82) is 0 Å². The zero-order valence-corrected chi connectivity index (χ0v) is 16.2. The number of fused-ring (bicyclic) bond motifs is 2. The summed E-state index contributed by atoms with van der Waals surface area (Å²) in [4.78, 5) is 25.5. The fourth-order valence-corrected chi connectivity index (χ4v) is 4.53. The molecule has 4 aromatic heterocycles. The van der Waals surface area contributed by atoms with Crippen molar-refractivity contribution in [2.75, 3.05) is 0 Å². The maximum Gasteiger partial charge on any atom is 0.272 e. The van der Waals surface area contributed by atoms with Gasteiger partial charge in [-0.1, -0.05) is 12.1 Å². The predicted octanol–water partition coefficient (Wildman–Crippen LogP) is 2.12. The lowest BCUT2D eigenvalue weighted by Gasteiger charge is -2.09. The number of benzene rings is 1. The van der Waals surface area contributed by atoms with Crippen LogP contribution in [0.2, 0.25) is 0 Å². The van der Waals surface area contributed by atoms with Crippen molar-refractivity contribution in [3.05, 3.63) is 74.4 Å². The lowest BCUT2D eigenvalue weighted by atomic mass is 10.0. The number of pyridine rings is 1. The molecular weight excluding hydrogens is 388 g/mol. The second-order valence-electron chi connectivity index (χ2n) is 6.65. The van der Waals surface area contributed by atoms with Crippen molar-refractivity contribution in [2.45, 2.75) is 6.54 Å². The third-order valence-electron chi connectivity index (χ3n) is 5.00. The monoisotopic (exact) mass is 404 g/mol. The van der Waals surface area contributed by atoms with Gasteiger partial charge in [-0.3, -0.25) is 18.7 Å². The van der Waals surface area contributed by atoms with E-state index in [4.69, 9.17) is 5.73 Å². The number of thiazole rings is 1. The minimum absolute atomic E-state index is 0.0921. The molecule has 5 aromatic rings. The van der Waals surface area contributed by atoms with E-state index in [-0.39, 0.29) is 17.7 Å². The van der Waals surface area contributed by atoms with Crippen LogP contribution in [0.5, 0.6) is 0 Å². The number of aromatic amines is 1. The van der Waals surface area contributed by atoms with Crippen LogP contribution in [0.1, 0.15) is 5.69 Å². The molecule has 0 fully saturated rings. The minimum atomic E-state index is -0.259. The van der Waals surface area contributed by atoms with Crippen molar-refractivity contribution in [1.82, 2.24) is 24.4 Å². The summed E-state index contributed by atoms with van der Waals surface area (Å²) in [5.41, 5.74) is 9.38. The van der Waals surface area contributed by atoms with Crippen LogP contribution in [0.3, 0.4) is 0 Å². The molecule has 144 valence electrons. The Bertz CT molecular complexity index is 1510. The highest BCUT2D eigenvalue weighted by atomic mass is 32.1. The molecule has 0 amide bonds. The summed E-state index contributed by atoms with van der Waals surface area (Å²) in [7, 11) is 1.84. The Morgan fingerprint density at radius 3 is 2.86 bits per heavy atom. The summed E-state index contributed by atoms with van der Waals surface area (Å²) in [6, 6.07) is 10.7. The molecule has 1 aromatic carbocycles. The SMILES string of the molecule is Cn1ncc(-c2ccc3c(=O)[nH]nc(CN)c3c2)c1-c1csc2cccc(=O)n12. The average molecular weight is 404 g/mol. The molecule has 0 aliphatic carbocycles. The van der Waals surface area contributed by atoms with Gasteiger partial charge in [0.1, 0.15) is 4.83 Å². The second-order valence-corrected chi connectivity index (χ2v) is 7.54. The number of nitrogens with zero attached hydrogens (tertiary/aromatic N) is 4. The molecular formula is C20H16N6O2S. The summed E-state index contributed by atoms with van der Waals surface area (Å²) in [6.45, 7) is 0.210.